The number of fused-ring (bicyclic) bond motifs is 38. The van der Waals surface area contributed by atoms with Crippen LogP contribution in [0.4, 0.5) is 34.1 Å². The van der Waals surface area contributed by atoms with Gasteiger partial charge in [0, 0.05) is 114 Å². The van der Waals surface area contributed by atoms with E-state index in [1.165, 1.54) is 133 Å². The molecule has 5 aromatic heterocycles. The minimum Gasteiger partial charge on any atom is -0.429 e. The Hall–Kier alpha value is -13.8. The van der Waals surface area contributed by atoms with Crippen LogP contribution in [-0.2, 0) is 46.8 Å². The molecule has 7 aliphatic heterocycles. The molecule has 0 N–H and O–H groups in total. The van der Waals surface area contributed by atoms with E-state index in [0.29, 0.717) is 0 Å². The Bertz CT molecular complexity index is 7040. The molecule has 16 heteroatoms. The average Bonchev–Trinajstić information content (AvgIpc) is 1.49. The van der Waals surface area contributed by atoms with Gasteiger partial charge >= 0.3 is 20.5 Å². The molecule has 0 fully saturated rings. The van der Waals surface area contributed by atoms with Gasteiger partial charge in [0.05, 0.1) is 33.3 Å². The Balaban J connectivity index is 0.0000000945. The molecule has 0 atom stereocenters. The molecule has 118 heavy (non-hydrogen) atoms. The average molecular weight is 1860 g/mol. The summed E-state index contributed by atoms with van der Waals surface area (Å²) in [6.07, 6.45) is 3.70. The molecular formula is C102H65B3Ir2N11-3. The SMILES string of the molecule is [Ir].[Ir].[c-]1cccc2c1-n1nc3ccccc3c1B1c3ccccc3-c3ccccc3N12.[c-]1cccc2c1-n1nc3ccccc3c1B1c3ccccc3-c3ccccc3N12.[c-]1ccccc1-c1cc2ccccc2cn1.[c-]1ccccc1-c1ccccn1.c1ccc2c(c1)B1c3c4ccccc4[n+]4n3-c3c(cccc3N1c1ccccc1-2)C4. The van der Waals surface area contributed by atoms with Crippen molar-refractivity contribution in [3.8, 4) is 73.0 Å². The Morgan fingerprint density at radius 3 is 1.27 bits per heavy atom. The van der Waals surface area contributed by atoms with Crippen molar-refractivity contribution in [1.82, 2.24) is 34.2 Å². The third-order valence-electron chi connectivity index (χ3n) is 23.6. The van der Waals surface area contributed by atoms with Crippen LogP contribution in [0.1, 0.15) is 5.56 Å². The Labute approximate surface area is 711 Å². The van der Waals surface area contributed by atoms with Gasteiger partial charge < -0.3 is 24.4 Å². The summed E-state index contributed by atoms with van der Waals surface area (Å²) in [5.41, 5.74) is 35.0. The van der Waals surface area contributed by atoms with Crippen molar-refractivity contribution in [2.24, 2.45) is 0 Å². The molecule has 0 aliphatic carbocycles. The van der Waals surface area contributed by atoms with E-state index in [2.05, 4.69) is 346 Å². The van der Waals surface area contributed by atoms with E-state index in [9.17, 15) is 0 Å². The van der Waals surface area contributed by atoms with Crippen molar-refractivity contribution >= 4 is 131 Å². The van der Waals surface area contributed by atoms with Gasteiger partial charge in [0.25, 0.3) is 0 Å². The molecule has 0 bridgehead atoms. The number of pyridine rings is 2. The van der Waals surface area contributed by atoms with Crippen LogP contribution in [0.15, 0.2) is 382 Å². The fourth-order valence-electron chi connectivity index (χ4n) is 18.8. The zero-order valence-corrected chi connectivity index (χ0v) is 68.2. The summed E-state index contributed by atoms with van der Waals surface area (Å²) in [6.45, 7) is 1.21. The quantitative estimate of drug-likeness (QED) is 0.0969. The predicted octanol–water partition coefficient (Wildman–Crippen LogP) is 17.9. The topological polar surface area (TPSA) is 80.0 Å². The monoisotopic (exact) mass is 1860 g/mol. The van der Waals surface area contributed by atoms with E-state index < -0.39 is 0 Å². The largest absolute Gasteiger partial charge is 0.429 e. The predicted molar refractivity (Wildman–Crippen MR) is 474 cm³/mol. The third-order valence-corrected chi connectivity index (χ3v) is 23.6. The van der Waals surface area contributed by atoms with Crippen molar-refractivity contribution in [2.75, 3.05) is 14.4 Å². The number of anilines is 6. The van der Waals surface area contributed by atoms with Crippen molar-refractivity contribution in [3.63, 3.8) is 0 Å². The van der Waals surface area contributed by atoms with E-state index in [0.717, 1.165) is 62.8 Å². The van der Waals surface area contributed by atoms with Crippen LogP contribution in [0.5, 0.6) is 0 Å². The van der Waals surface area contributed by atoms with E-state index in [4.69, 9.17) is 10.2 Å². The number of aromatic nitrogens is 8. The first-order valence-electron chi connectivity index (χ1n) is 39.4. The van der Waals surface area contributed by atoms with Gasteiger partial charge in [-0.25, -0.2) is 0 Å². The van der Waals surface area contributed by atoms with Crippen molar-refractivity contribution in [1.29, 1.82) is 0 Å². The van der Waals surface area contributed by atoms with Gasteiger partial charge in [-0.3, -0.25) is 9.36 Å². The molecule has 0 saturated heterocycles. The van der Waals surface area contributed by atoms with Crippen LogP contribution in [-0.4, -0.2) is 54.8 Å². The summed E-state index contributed by atoms with van der Waals surface area (Å²) < 4.78 is 9.16. The fourth-order valence-corrected chi connectivity index (χ4v) is 18.8. The normalized spacial score (nSPS) is 12.6. The maximum absolute atomic E-state index is 4.97. The Kier molecular flexibility index (Phi) is 18.1. The molecule has 20 aromatic rings. The fraction of sp³-hybridized carbons (Fsp3) is 0.00980. The zero-order valence-electron chi connectivity index (χ0n) is 63.4. The minimum absolute atomic E-state index is 0. The van der Waals surface area contributed by atoms with Crippen molar-refractivity contribution in [2.45, 2.75) is 6.54 Å². The minimum atomic E-state index is 0. The first-order valence-corrected chi connectivity index (χ1v) is 39.4. The molecule has 0 spiro atoms. The Morgan fingerprint density at radius 1 is 0.314 bits per heavy atom. The van der Waals surface area contributed by atoms with Gasteiger partial charge in [0.2, 0.25) is 12.1 Å². The second kappa shape index (κ2) is 29.8. The molecule has 2 radical (unpaired) electrons. The summed E-state index contributed by atoms with van der Waals surface area (Å²) in [5.74, 6) is 0. The molecule has 15 aromatic carbocycles. The Morgan fingerprint density at radius 2 is 0.737 bits per heavy atom. The van der Waals surface area contributed by atoms with Gasteiger partial charge in [-0.1, -0.05) is 247 Å². The third kappa shape index (κ3) is 11.5. The van der Waals surface area contributed by atoms with E-state index >= 15 is 0 Å². The number of hydrogen-bond donors (Lipinski definition) is 0. The summed E-state index contributed by atoms with van der Waals surface area (Å²) in [4.78, 5) is 16.2. The smallest absolute Gasteiger partial charge is 0.355 e. The number of nitrogens with zero attached hydrogens (tertiary/aromatic N) is 11. The summed E-state index contributed by atoms with van der Waals surface area (Å²) in [6, 6.07) is 143. The first-order chi connectivity index (χ1) is 57.6. The van der Waals surface area contributed by atoms with E-state index in [1.807, 2.05) is 97.2 Å². The number of hydrogen-bond acceptors (Lipinski definition) is 7. The van der Waals surface area contributed by atoms with Crippen LogP contribution >= 0.6 is 0 Å². The number of rotatable bonds is 2. The van der Waals surface area contributed by atoms with Gasteiger partial charge in [-0.05, 0) is 115 Å². The van der Waals surface area contributed by atoms with Crippen LogP contribution in [0.2, 0.25) is 0 Å². The standard InChI is InChI=1S/C26H17BN3.2C25H15BN3.C15H10N.C11H8N.2Ir/c1-4-12-21-18(9-1)19-10-2-6-14-23(19)29-24-15-7-8-17-16-28-22-13-5-3-11-20(22)26(27(21)29)30(28)25(17)24;2*1-4-12-20-17(9-1)18-10-3-6-14-22(18)28-23-15-7-8-16-24(23)29-25(26(20)28)19-11-2-5-13-21(19)27-29;1-2-6-12(7-3-1)15-10-13-8-4-5-9-14(13)11-16-15;1-2-6-10(7-3-1)11-8-4-5-9-12-11;;/h1-15H,16H2;2*1-15H;1-6,8-11H;1-6,8-9H;;/q+1;4*-1;;. The van der Waals surface area contributed by atoms with Crippen LogP contribution in [0.25, 0.3) is 116 Å². The second-order valence-corrected chi connectivity index (χ2v) is 29.8. The van der Waals surface area contributed by atoms with Gasteiger partial charge in [-0.2, -0.15) is 46.6 Å². The number of benzene rings is 15. The van der Waals surface area contributed by atoms with Gasteiger partial charge in [0.15, 0.2) is 0 Å². The van der Waals surface area contributed by atoms with Crippen molar-refractivity contribution in [3.05, 3.63) is 412 Å². The molecule has 0 amide bonds. The van der Waals surface area contributed by atoms with Gasteiger partial charge in [-0.15, -0.1) is 88.6 Å². The summed E-state index contributed by atoms with van der Waals surface area (Å²) in [5, 5.41) is 16.1. The van der Waals surface area contributed by atoms with E-state index in [-0.39, 0.29) is 60.8 Å². The van der Waals surface area contributed by atoms with Crippen molar-refractivity contribution < 1.29 is 44.9 Å². The van der Waals surface area contributed by atoms with Crippen LogP contribution in [0.3, 0.4) is 0 Å². The van der Waals surface area contributed by atoms with E-state index in [1.54, 1.807) is 6.20 Å². The van der Waals surface area contributed by atoms with Crippen LogP contribution < -0.4 is 52.3 Å². The molecule has 558 valence electrons. The summed E-state index contributed by atoms with van der Waals surface area (Å²) >= 11 is 0. The first kappa shape index (κ1) is 71.9. The molecule has 7 aliphatic rings. The maximum atomic E-state index is 4.97. The zero-order chi connectivity index (χ0) is 76.3. The molecule has 0 saturated carbocycles. The van der Waals surface area contributed by atoms with Gasteiger partial charge in [0.1, 0.15) is 5.69 Å². The maximum Gasteiger partial charge on any atom is 0.355 e. The molecule has 0 unspecified atom stereocenters. The molecular weight excluding hydrogens is 1800 g/mol. The number of para-hydroxylation sites is 7. The van der Waals surface area contributed by atoms with Crippen LogP contribution in [0, 0.1) is 24.3 Å². The second-order valence-electron chi connectivity index (χ2n) is 29.8. The molecule has 27 rings (SSSR count). The summed E-state index contributed by atoms with van der Waals surface area (Å²) in [7, 11) is 0. The molecule has 11 nitrogen and oxygen atoms in total. The molecule has 12 heterocycles.